The van der Waals surface area contributed by atoms with Crippen LogP contribution in [-0.4, -0.2) is 52.5 Å². The molecule has 3 aromatic heterocycles. The second-order valence-corrected chi connectivity index (χ2v) is 9.59. The van der Waals surface area contributed by atoms with E-state index in [0.717, 1.165) is 12.3 Å². The van der Waals surface area contributed by atoms with Crippen LogP contribution in [0.2, 0.25) is 0 Å². The molecule has 0 amide bonds. The van der Waals surface area contributed by atoms with Gasteiger partial charge in [0.1, 0.15) is 12.3 Å². The lowest BCUT2D eigenvalue weighted by atomic mass is 10.1. The van der Waals surface area contributed by atoms with Crippen molar-refractivity contribution >= 4 is 26.9 Å². The molecule has 3 heterocycles. The molecule has 0 aliphatic rings. The highest BCUT2D eigenvalue weighted by molar-refractivity contribution is 7.92. The Morgan fingerprint density at radius 1 is 1.08 bits per heavy atom. The van der Waals surface area contributed by atoms with Crippen molar-refractivity contribution in [3.63, 3.8) is 0 Å². The molecule has 4 rings (SSSR count). The van der Waals surface area contributed by atoms with E-state index in [-0.39, 0.29) is 52.8 Å². The first kappa shape index (κ1) is 26.2. The molecule has 11 nitrogen and oxygen atoms in total. The molecule has 0 saturated heterocycles. The van der Waals surface area contributed by atoms with Crippen LogP contribution in [0.5, 0.6) is 5.88 Å². The molecular formula is C22H21F3N6O5S. The van der Waals surface area contributed by atoms with E-state index in [1.165, 1.54) is 19.2 Å². The smallest absolute Gasteiger partial charge is 0.429 e. The quantitative estimate of drug-likeness (QED) is 0.314. The maximum absolute atomic E-state index is 14.1. The molecule has 0 bridgehead atoms. The van der Waals surface area contributed by atoms with Crippen molar-refractivity contribution in [2.45, 2.75) is 32.2 Å². The van der Waals surface area contributed by atoms with Gasteiger partial charge in [-0.05, 0) is 24.6 Å². The van der Waals surface area contributed by atoms with Gasteiger partial charge in [0.15, 0.2) is 0 Å². The third-order valence-corrected chi connectivity index (χ3v) is 6.29. The first-order valence-corrected chi connectivity index (χ1v) is 12.5. The summed E-state index contributed by atoms with van der Waals surface area (Å²) in [6.07, 6.45) is -6.21. The van der Waals surface area contributed by atoms with Crippen LogP contribution in [0.15, 0.2) is 47.1 Å². The van der Waals surface area contributed by atoms with Crippen LogP contribution in [0, 0.1) is 0 Å². The minimum Gasteiger partial charge on any atom is -0.457 e. The lowest BCUT2D eigenvalue weighted by Gasteiger charge is -2.22. The highest BCUT2D eigenvalue weighted by Gasteiger charge is 2.44. The van der Waals surface area contributed by atoms with Gasteiger partial charge in [-0.2, -0.15) is 18.2 Å². The predicted octanol–water partition coefficient (Wildman–Crippen LogP) is 4.06. The first-order chi connectivity index (χ1) is 17.6. The normalized spacial score (nSPS) is 13.0. The van der Waals surface area contributed by atoms with Gasteiger partial charge < -0.3 is 14.0 Å². The zero-order valence-corrected chi connectivity index (χ0v) is 20.4. The van der Waals surface area contributed by atoms with Crippen LogP contribution in [-0.2, 0) is 21.4 Å². The molecular weight excluding hydrogens is 517 g/mol. The molecule has 196 valence electrons. The number of ether oxygens (including phenoxy) is 2. The van der Waals surface area contributed by atoms with E-state index in [1.807, 2.05) is 0 Å². The number of anilines is 1. The van der Waals surface area contributed by atoms with E-state index < -0.39 is 34.0 Å². The van der Waals surface area contributed by atoms with Crippen LogP contribution in [0.25, 0.3) is 22.6 Å². The number of fused-ring (bicyclic) bond motifs is 1. The van der Waals surface area contributed by atoms with Crippen molar-refractivity contribution in [3.05, 3.63) is 54.0 Å². The number of benzene rings is 1. The number of methoxy groups -OCH3 is 1. The van der Waals surface area contributed by atoms with Crippen LogP contribution in [0.3, 0.4) is 0 Å². The van der Waals surface area contributed by atoms with Crippen LogP contribution < -0.4 is 9.46 Å². The second-order valence-electron chi connectivity index (χ2n) is 7.75. The Morgan fingerprint density at radius 3 is 2.43 bits per heavy atom. The summed E-state index contributed by atoms with van der Waals surface area (Å²) in [5.41, 5.74) is 0.282. The average molecular weight is 539 g/mol. The largest absolute Gasteiger partial charge is 0.457 e. The summed E-state index contributed by atoms with van der Waals surface area (Å²) in [7, 11) is -2.47. The number of rotatable bonds is 10. The molecule has 15 heteroatoms. The van der Waals surface area contributed by atoms with E-state index in [1.54, 1.807) is 25.1 Å². The molecule has 0 aliphatic heterocycles. The lowest BCUT2D eigenvalue weighted by Crippen LogP contribution is -2.27. The Balaban J connectivity index is 1.70. The maximum atomic E-state index is 14.1. The SMILES string of the molecule is CCCS(=O)(=O)Nc1nc2ccccc2nc1OC(c1ccc(-c2noc(COC)n2)nc1)C(F)(F)F. The second kappa shape index (κ2) is 10.6. The summed E-state index contributed by atoms with van der Waals surface area (Å²) in [5, 5.41) is 3.72. The number of hydrogen-bond donors (Lipinski definition) is 1. The number of sulfonamides is 1. The molecule has 4 aromatic rings. The van der Waals surface area contributed by atoms with E-state index >= 15 is 0 Å². The van der Waals surface area contributed by atoms with Gasteiger partial charge in [-0.25, -0.2) is 18.4 Å². The van der Waals surface area contributed by atoms with Crippen LogP contribution >= 0.6 is 0 Å². The molecule has 0 aliphatic carbocycles. The van der Waals surface area contributed by atoms with E-state index in [0.29, 0.717) is 0 Å². The van der Waals surface area contributed by atoms with Crippen molar-refractivity contribution in [1.82, 2.24) is 25.1 Å². The van der Waals surface area contributed by atoms with Gasteiger partial charge >= 0.3 is 6.18 Å². The molecule has 1 N–H and O–H groups in total. The minimum absolute atomic E-state index is 0.0617. The van der Waals surface area contributed by atoms with Crippen molar-refractivity contribution in [2.24, 2.45) is 0 Å². The highest BCUT2D eigenvalue weighted by Crippen LogP contribution is 2.38. The van der Waals surface area contributed by atoms with Crippen LogP contribution in [0.4, 0.5) is 19.0 Å². The summed E-state index contributed by atoms with van der Waals surface area (Å²) < 4.78 is 84.4. The zero-order chi connectivity index (χ0) is 26.6. The number of aromatic nitrogens is 5. The topological polar surface area (TPSA) is 142 Å². The van der Waals surface area contributed by atoms with Crippen molar-refractivity contribution in [2.75, 3.05) is 17.6 Å². The molecule has 0 fully saturated rings. The van der Waals surface area contributed by atoms with Gasteiger partial charge in [0, 0.05) is 18.9 Å². The standard InChI is InChI=1S/C22H21F3N6O5S/c1-3-10-37(32,33)31-20-21(28-15-7-5-4-6-14(15)27-20)35-18(22(23,24)25)13-8-9-16(26-11-13)19-29-17(12-34-2)36-30-19/h4-9,11,18H,3,10,12H2,1-2H3,(H,27,31). The Labute approximate surface area is 209 Å². The fraction of sp³-hybridized carbons (Fsp3) is 0.318. The fourth-order valence-electron chi connectivity index (χ4n) is 3.27. The van der Waals surface area contributed by atoms with E-state index in [2.05, 4.69) is 29.8 Å². The Kier molecular flexibility index (Phi) is 7.54. The summed E-state index contributed by atoms with van der Waals surface area (Å²) >= 11 is 0. The first-order valence-electron chi connectivity index (χ1n) is 10.9. The summed E-state index contributed by atoms with van der Waals surface area (Å²) in [4.78, 5) is 16.3. The van der Waals surface area contributed by atoms with Gasteiger partial charge in [-0.1, -0.05) is 30.3 Å². The molecule has 0 saturated carbocycles. The summed E-state index contributed by atoms with van der Waals surface area (Å²) in [6.45, 7) is 1.71. The van der Waals surface area contributed by atoms with Gasteiger partial charge in [0.2, 0.25) is 27.8 Å². The number of halogens is 3. The number of nitrogens with zero attached hydrogens (tertiary/aromatic N) is 5. The van der Waals surface area contributed by atoms with Crippen molar-refractivity contribution in [3.8, 4) is 17.4 Å². The number of alkyl halides is 3. The maximum Gasteiger partial charge on any atom is 0.429 e. The van der Waals surface area contributed by atoms with Crippen molar-refractivity contribution in [1.29, 1.82) is 0 Å². The number of pyridine rings is 1. The Bertz CT molecular complexity index is 1480. The van der Waals surface area contributed by atoms with Gasteiger partial charge in [-0.15, -0.1) is 0 Å². The van der Waals surface area contributed by atoms with Gasteiger partial charge in [-0.3, -0.25) is 9.71 Å². The molecule has 37 heavy (non-hydrogen) atoms. The Morgan fingerprint density at radius 2 is 1.81 bits per heavy atom. The molecule has 1 aromatic carbocycles. The predicted molar refractivity (Wildman–Crippen MR) is 125 cm³/mol. The van der Waals surface area contributed by atoms with Crippen LogP contribution in [0.1, 0.15) is 30.9 Å². The lowest BCUT2D eigenvalue weighted by molar-refractivity contribution is -0.198. The fourth-order valence-corrected chi connectivity index (χ4v) is 4.34. The molecule has 1 atom stereocenters. The Hall–Kier alpha value is -3.85. The van der Waals surface area contributed by atoms with E-state index in [4.69, 9.17) is 14.0 Å². The zero-order valence-electron chi connectivity index (χ0n) is 19.6. The number of nitrogens with one attached hydrogen (secondary N) is 1. The minimum atomic E-state index is -4.91. The monoisotopic (exact) mass is 538 g/mol. The van der Waals surface area contributed by atoms with Crippen molar-refractivity contribution < 1.29 is 35.6 Å². The third kappa shape index (κ3) is 6.29. The molecule has 0 spiro atoms. The summed E-state index contributed by atoms with van der Waals surface area (Å²) in [5.74, 6) is -1.11. The van der Waals surface area contributed by atoms with Gasteiger partial charge in [0.25, 0.3) is 11.8 Å². The van der Waals surface area contributed by atoms with E-state index in [9.17, 15) is 21.6 Å². The number of hydrogen-bond acceptors (Lipinski definition) is 10. The summed E-state index contributed by atoms with van der Waals surface area (Å²) in [6, 6.07) is 8.72. The highest BCUT2D eigenvalue weighted by atomic mass is 32.2. The average Bonchev–Trinajstić information content (AvgIpc) is 3.30. The van der Waals surface area contributed by atoms with Gasteiger partial charge in [0.05, 0.1) is 16.8 Å². The molecule has 1 unspecified atom stereocenters. The third-order valence-electron chi connectivity index (χ3n) is 4.84. The molecule has 0 radical (unpaired) electrons. The number of para-hydroxylation sites is 2.